The molecule has 2 N–H and O–H groups in total. The summed E-state index contributed by atoms with van der Waals surface area (Å²) in [6, 6.07) is 13.2. The van der Waals surface area contributed by atoms with E-state index in [1.165, 1.54) is 10.7 Å². The largest absolute Gasteiger partial charge is 0.491 e. The van der Waals surface area contributed by atoms with E-state index in [0.717, 1.165) is 11.1 Å². The Morgan fingerprint density at radius 3 is 2.64 bits per heavy atom. The first-order chi connectivity index (χ1) is 13.6. The van der Waals surface area contributed by atoms with Crippen molar-refractivity contribution in [2.45, 2.75) is 5.92 Å². The fourth-order valence-corrected chi connectivity index (χ4v) is 3.32. The second kappa shape index (κ2) is 7.15. The van der Waals surface area contributed by atoms with Gasteiger partial charge < -0.3 is 15.4 Å². The van der Waals surface area contributed by atoms with E-state index in [9.17, 15) is 9.59 Å². The van der Waals surface area contributed by atoms with Crippen LogP contribution in [0.2, 0.25) is 0 Å². The molecule has 1 atom stereocenters. The maximum Gasteiger partial charge on any atom is 0.256 e. The van der Waals surface area contributed by atoms with Crippen molar-refractivity contribution < 1.29 is 14.3 Å². The van der Waals surface area contributed by atoms with Gasteiger partial charge in [0.05, 0.1) is 18.4 Å². The van der Waals surface area contributed by atoms with Gasteiger partial charge in [-0.3, -0.25) is 14.3 Å². The molecule has 28 heavy (non-hydrogen) atoms. The van der Waals surface area contributed by atoms with Gasteiger partial charge in [-0.2, -0.15) is 0 Å². The van der Waals surface area contributed by atoms with Crippen LogP contribution >= 0.6 is 0 Å². The molecule has 142 valence electrons. The van der Waals surface area contributed by atoms with Gasteiger partial charge in [0.25, 0.3) is 11.8 Å². The van der Waals surface area contributed by atoms with Crippen molar-refractivity contribution in [1.82, 2.24) is 20.3 Å². The summed E-state index contributed by atoms with van der Waals surface area (Å²) in [7, 11) is 3.26. The number of fused-ring (bicyclic) bond motifs is 1. The van der Waals surface area contributed by atoms with Gasteiger partial charge in [0.1, 0.15) is 5.75 Å². The van der Waals surface area contributed by atoms with Gasteiger partial charge in [-0.15, -0.1) is 5.10 Å². The second-order valence-electron chi connectivity index (χ2n) is 6.53. The van der Waals surface area contributed by atoms with Crippen LogP contribution in [0.15, 0.2) is 48.7 Å². The molecule has 2 heterocycles. The Labute approximate surface area is 161 Å². The highest BCUT2D eigenvalue weighted by atomic mass is 16.5. The third-order valence-corrected chi connectivity index (χ3v) is 4.67. The maximum atomic E-state index is 12.8. The number of nitrogens with zero attached hydrogens (tertiary/aromatic N) is 3. The van der Waals surface area contributed by atoms with Crippen LogP contribution < -0.4 is 15.4 Å². The Kier molecular flexibility index (Phi) is 4.52. The van der Waals surface area contributed by atoms with Crippen LogP contribution in [-0.2, 0) is 7.05 Å². The molecule has 1 aromatic heterocycles. The number of benzene rings is 2. The predicted molar refractivity (Wildman–Crippen MR) is 103 cm³/mol. The van der Waals surface area contributed by atoms with Gasteiger partial charge in [0.15, 0.2) is 5.82 Å². The Bertz CT molecular complexity index is 1050. The van der Waals surface area contributed by atoms with Crippen molar-refractivity contribution in [2.75, 3.05) is 19.0 Å². The molecule has 1 unspecified atom stereocenters. The molecule has 1 aliphatic heterocycles. The number of ether oxygens (including phenoxy) is 1. The molecule has 0 saturated heterocycles. The molecule has 0 bridgehead atoms. The van der Waals surface area contributed by atoms with Crippen LogP contribution in [-0.4, -0.2) is 40.5 Å². The topological polar surface area (TPSA) is 98.1 Å². The number of anilines is 1. The molecule has 2 amide bonds. The number of amides is 2. The highest BCUT2D eigenvalue weighted by Crippen LogP contribution is 2.41. The van der Waals surface area contributed by atoms with E-state index < -0.39 is 0 Å². The molecule has 4 rings (SSSR count). The lowest BCUT2D eigenvalue weighted by Crippen LogP contribution is -2.20. The van der Waals surface area contributed by atoms with Crippen molar-refractivity contribution >= 4 is 17.6 Å². The molecular weight excluding hydrogens is 358 g/mol. The summed E-state index contributed by atoms with van der Waals surface area (Å²) in [5, 5.41) is 13.0. The first-order valence-corrected chi connectivity index (χ1v) is 8.82. The molecular formula is C20H19N5O3. The standard InChI is InChI=1S/C20H19N5O3/c1-21-20(27)15-9-13(19(26)22-17-10-25(2)24-23-17)8-14-16(11-28-18(14)15)12-6-4-3-5-7-12/h3-10,16H,11H2,1-2H3,(H,21,27)(H,22,26). The van der Waals surface area contributed by atoms with Crippen LogP contribution in [0.4, 0.5) is 5.82 Å². The molecule has 8 heteroatoms. The number of carbonyl (C=O) groups is 2. The first-order valence-electron chi connectivity index (χ1n) is 8.82. The number of hydrogen-bond acceptors (Lipinski definition) is 5. The van der Waals surface area contributed by atoms with E-state index in [-0.39, 0.29) is 17.7 Å². The summed E-state index contributed by atoms with van der Waals surface area (Å²) in [6.45, 7) is 0.415. The highest BCUT2D eigenvalue weighted by molar-refractivity contribution is 6.07. The number of nitrogens with one attached hydrogen (secondary N) is 2. The fourth-order valence-electron chi connectivity index (χ4n) is 3.32. The first kappa shape index (κ1) is 17.7. The Hall–Kier alpha value is -3.68. The summed E-state index contributed by atoms with van der Waals surface area (Å²) < 4.78 is 7.35. The molecule has 0 spiro atoms. The zero-order valence-corrected chi connectivity index (χ0v) is 15.5. The molecule has 0 saturated carbocycles. The van der Waals surface area contributed by atoms with Crippen molar-refractivity contribution in [3.8, 4) is 5.75 Å². The van der Waals surface area contributed by atoms with Crippen LogP contribution in [0.1, 0.15) is 37.8 Å². The van der Waals surface area contributed by atoms with Crippen LogP contribution in [0.3, 0.4) is 0 Å². The SMILES string of the molecule is CNC(=O)c1cc(C(=O)Nc2cn(C)nn2)cc2c1OCC2c1ccccc1. The summed E-state index contributed by atoms with van der Waals surface area (Å²) in [5.74, 6) is 0.129. The Balaban J connectivity index is 1.76. The van der Waals surface area contributed by atoms with Crippen LogP contribution in [0, 0.1) is 0 Å². The van der Waals surface area contributed by atoms with Gasteiger partial charge in [-0.1, -0.05) is 35.5 Å². The lowest BCUT2D eigenvalue weighted by Gasteiger charge is -2.12. The van der Waals surface area contributed by atoms with Crippen molar-refractivity contribution in [3.63, 3.8) is 0 Å². The molecule has 8 nitrogen and oxygen atoms in total. The molecule has 0 aliphatic carbocycles. The van der Waals surface area contributed by atoms with E-state index >= 15 is 0 Å². The molecule has 1 aliphatic rings. The number of aryl methyl sites for hydroxylation is 1. The zero-order chi connectivity index (χ0) is 19.7. The third-order valence-electron chi connectivity index (χ3n) is 4.67. The molecule has 3 aromatic rings. The molecule has 0 radical (unpaired) electrons. The van der Waals surface area contributed by atoms with Gasteiger partial charge in [-0.25, -0.2) is 0 Å². The Morgan fingerprint density at radius 2 is 1.96 bits per heavy atom. The van der Waals surface area contributed by atoms with Gasteiger partial charge in [0.2, 0.25) is 0 Å². The summed E-state index contributed by atoms with van der Waals surface area (Å²) in [5.41, 5.74) is 2.57. The van der Waals surface area contributed by atoms with Crippen LogP contribution in [0.5, 0.6) is 5.75 Å². The quantitative estimate of drug-likeness (QED) is 0.724. The number of hydrogen-bond donors (Lipinski definition) is 2. The third kappa shape index (κ3) is 3.20. The maximum absolute atomic E-state index is 12.8. The number of rotatable bonds is 4. The van der Waals surface area contributed by atoms with Gasteiger partial charge in [-0.05, 0) is 17.7 Å². The summed E-state index contributed by atoms with van der Waals surface area (Å²) in [4.78, 5) is 25.2. The second-order valence-corrected chi connectivity index (χ2v) is 6.53. The minimum atomic E-state index is -0.368. The predicted octanol–water partition coefficient (Wildman–Crippen LogP) is 1.95. The van der Waals surface area contributed by atoms with Crippen molar-refractivity contribution in [1.29, 1.82) is 0 Å². The van der Waals surface area contributed by atoms with Gasteiger partial charge >= 0.3 is 0 Å². The van der Waals surface area contributed by atoms with Crippen molar-refractivity contribution in [2.24, 2.45) is 7.05 Å². The van der Waals surface area contributed by atoms with Crippen LogP contribution in [0.25, 0.3) is 0 Å². The average molecular weight is 377 g/mol. The van der Waals surface area contributed by atoms with E-state index in [4.69, 9.17) is 4.74 Å². The summed E-state index contributed by atoms with van der Waals surface area (Å²) >= 11 is 0. The fraction of sp³-hybridized carbons (Fsp3) is 0.200. The lowest BCUT2D eigenvalue weighted by molar-refractivity contribution is 0.0960. The minimum Gasteiger partial charge on any atom is -0.491 e. The average Bonchev–Trinajstić information content (AvgIpc) is 3.33. The van der Waals surface area contributed by atoms with E-state index in [1.54, 1.807) is 26.4 Å². The van der Waals surface area contributed by atoms with E-state index in [1.807, 2.05) is 30.3 Å². The van der Waals surface area contributed by atoms with E-state index in [2.05, 4.69) is 20.9 Å². The minimum absolute atomic E-state index is 0.0520. The van der Waals surface area contributed by atoms with E-state index in [0.29, 0.717) is 29.3 Å². The highest BCUT2D eigenvalue weighted by Gasteiger charge is 2.31. The smallest absolute Gasteiger partial charge is 0.256 e. The normalized spacial score (nSPS) is 14.9. The van der Waals surface area contributed by atoms with Crippen molar-refractivity contribution in [3.05, 3.63) is 70.9 Å². The number of carbonyl (C=O) groups excluding carboxylic acids is 2. The molecule has 0 fully saturated rings. The Morgan fingerprint density at radius 1 is 1.18 bits per heavy atom. The number of aromatic nitrogens is 3. The lowest BCUT2D eigenvalue weighted by atomic mass is 9.90. The monoisotopic (exact) mass is 377 g/mol. The summed E-state index contributed by atoms with van der Waals surface area (Å²) in [6.07, 6.45) is 1.60. The van der Waals surface area contributed by atoms with Gasteiger partial charge in [0, 0.05) is 31.1 Å². The molecule has 2 aromatic carbocycles. The zero-order valence-electron chi connectivity index (χ0n) is 15.5.